The number of amides is 1. The zero-order valence-corrected chi connectivity index (χ0v) is 12.2. The van der Waals surface area contributed by atoms with Crippen LogP contribution in [0.5, 0.6) is 11.5 Å². The van der Waals surface area contributed by atoms with Gasteiger partial charge in [-0.2, -0.15) is 0 Å². The molecule has 0 aliphatic rings. The molecule has 0 saturated carbocycles. The van der Waals surface area contributed by atoms with E-state index in [0.29, 0.717) is 6.07 Å². The summed E-state index contributed by atoms with van der Waals surface area (Å²) in [4.78, 5) is 21.7. The molecule has 2 N–H and O–H groups in total. The van der Waals surface area contributed by atoms with E-state index in [1.54, 1.807) is 0 Å². The van der Waals surface area contributed by atoms with Crippen molar-refractivity contribution in [3.63, 3.8) is 0 Å². The molecule has 0 atom stereocenters. The summed E-state index contributed by atoms with van der Waals surface area (Å²) in [6.45, 7) is -0.722. The molecule has 0 radical (unpaired) electrons. The number of nitrogens with one attached hydrogen (secondary N) is 1. The van der Waals surface area contributed by atoms with Gasteiger partial charge in [-0.15, -0.1) is 0 Å². The first-order chi connectivity index (χ1) is 11.4. The normalized spacial score (nSPS) is 10.2. The number of non-ortho nitro benzene ring substituents is 1. The van der Waals surface area contributed by atoms with E-state index < -0.39 is 29.1 Å². The predicted molar refractivity (Wildman–Crippen MR) is 78.5 cm³/mol. The first-order valence-corrected chi connectivity index (χ1v) is 6.67. The van der Waals surface area contributed by atoms with Crippen molar-refractivity contribution in [2.24, 2.45) is 0 Å². The van der Waals surface area contributed by atoms with Crippen molar-refractivity contribution >= 4 is 11.6 Å². The van der Waals surface area contributed by atoms with Crippen LogP contribution in [0.3, 0.4) is 0 Å². The Morgan fingerprint density at radius 3 is 2.67 bits per heavy atom. The second kappa shape index (κ2) is 7.36. The summed E-state index contributed by atoms with van der Waals surface area (Å²) in [6.07, 6.45) is 0. The number of nitro benzene ring substituents is 1. The van der Waals surface area contributed by atoms with E-state index in [9.17, 15) is 28.8 Å². The number of hydrogen-bond donors (Lipinski definition) is 2. The molecule has 0 bridgehead atoms. The van der Waals surface area contributed by atoms with Crippen molar-refractivity contribution in [2.75, 3.05) is 6.61 Å². The van der Waals surface area contributed by atoms with Gasteiger partial charge in [0.15, 0.2) is 18.2 Å². The lowest BCUT2D eigenvalue weighted by atomic mass is 10.2. The maximum Gasteiger partial charge on any atom is 0.270 e. The number of aromatic hydroxyl groups is 1. The second-order valence-electron chi connectivity index (χ2n) is 4.71. The number of hydrogen-bond acceptors (Lipinski definition) is 5. The van der Waals surface area contributed by atoms with Gasteiger partial charge >= 0.3 is 0 Å². The Kier molecular flexibility index (Phi) is 5.25. The number of nitrogens with zero attached hydrogens (tertiary/aromatic N) is 1. The minimum atomic E-state index is -0.945. The molecule has 0 aliphatic heterocycles. The van der Waals surface area contributed by atoms with Crippen LogP contribution in [-0.4, -0.2) is 22.5 Å². The average molecular weight is 338 g/mol. The molecule has 0 heterocycles. The molecule has 0 spiro atoms. The van der Waals surface area contributed by atoms with Crippen LogP contribution in [0.4, 0.5) is 14.5 Å². The maximum atomic E-state index is 13.3. The number of halogens is 2. The van der Waals surface area contributed by atoms with Crippen LogP contribution >= 0.6 is 0 Å². The van der Waals surface area contributed by atoms with E-state index in [2.05, 4.69) is 5.32 Å². The summed E-state index contributed by atoms with van der Waals surface area (Å²) in [5, 5.41) is 22.6. The van der Waals surface area contributed by atoms with E-state index in [0.717, 1.165) is 30.3 Å². The van der Waals surface area contributed by atoms with Crippen molar-refractivity contribution in [2.45, 2.75) is 6.54 Å². The summed E-state index contributed by atoms with van der Waals surface area (Å²) in [7, 11) is 0. The quantitative estimate of drug-likeness (QED) is 0.621. The fraction of sp³-hybridized carbons (Fsp3) is 0.133. The molecule has 0 aliphatic carbocycles. The first kappa shape index (κ1) is 17.1. The van der Waals surface area contributed by atoms with Gasteiger partial charge in [-0.05, 0) is 18.2 Å². The van der Waals surface area contributed by atoms with Crippen LogP contribution in [0, 0.1) is 21.7 Å². The smallest absolute Gasteiger partial charge is 0.270 e. The van der Waals surface area contributed by atoms with Gasteiger partial charge in [0.1, 0.15) is 11.6 Å². The van der Waals surface area contributed by atoms with Gasteiger partial charge in [0.05, 0.1) is 4.92 Å². The molecule has 1 amide bonds. The Morgan fingerprint density at radius 2 is 2.00 bits per heavy atom. The molecule has 0 unspecified atom stereocenters. The standard InChI is InChI=1S/C15H12F2N2O5/c16-10-1-4-14(12(17)6-10)24-8-15(21)18-7-9-5-11(19(22)23)2-3-13(9)20/h1-6,20H,7-8H2,(H,18,21). The Hall–Kier alpha value is -3.23. The third-order valence-electron chi connectivity index (χ3n) is 3.00. The third-order valence-corrected chi connectivity index (χ3v) is 3.00. The molecule has 0 aromatic heterocycles. The summed E-state index contributed by atoms with van der Waals surface area (Å²) in [5.74, 6) is -2.87. The third kappa shape index (κ3) is 4.38. The fourth-order valence-corrected chi connectivity index (χ4v) is 1.81. The number of phenolic OH excluding ortho intramolecular Hbond substituents is 1. The lowest BCUT2D eigenvalue weighted by Gasteiger charge is -2.09. The van der Waals surface area contributed by atoms with Crippen molar-refractivity contribution in [1.82, 2.24) is 5.32 Å². The number of phenols is 1. The topological polar surface area (TPSA) is 102 Å². The number of carbonyl (C=O) groups is 1. The molecular formula is C15H12F2N2O5. The van der Waals surface area contributed by atoms with Crippen LogP contribution in [0.15, 0.2) is 36.4 Å². The van der Waals surface area contributed by atoms with Crippen LogP contribution in [0.25, 0.3) is 0 Å². The van der Waals surface area contributed by atoms with Crippen molar-refractivity contribution in [3.8, 4) is 11.5 Å². The van der Waals surface area contributed by atoms with E-state index in [-0.39, 0.29) is 29.3 Å². The lowest BCUT2D eigenvalue weighted by Crippen LogP contribution is -2.28. The molecule has 2 rings (SSSR count). The van der Waals surface area contributed by atoms with Crippen LogP contribution in [0.2, 0.25) is 0 Å². The zero-order valence-electron chi connectivity index (χ0n) is 12.2. The highest BCUT2D eigenvalue weighted by atomic mass is 19.1. The fourth-order valence-electron chi connectivity index (χ4n) is 1.81. The van der Waals surface area contributed by atoms with Gasteiger partial charge in [-0.25, -0.2) is 8.78 Å². The summed E-state index contributed by atoms with van der Waals surface area (Å²) in [6, 6.07) is 6.04. The molecule has 2 aromatic carbocycles. The number of ether oxygens (including phenoxy) is 1. The summed E-state index contributed by atoms with van der Waals surface area (Å²) >= 11 is 0. The van der Waals surface area contributed by atoms with E-state index in [1.807, 2.05) is 0 Å². The molecule has 2 aromatic rings. The number of rotatable bonds is 6. The van der Waals surface area contributed by atoms with E-state index in [4.69, 9.17) is 4.74 Å². The van der Waals surface area contributed by atoms with Gasteiger partial charge in [0, 0.05) is 30.3 Å². The number of nitro groups is 1. The average Bonchev–Trinajstić information content (AvgIpc) is 2.53. The Morgan fingerprint density at radius 1 is 1.25 bits per heavy atom. The van der Waals surface area contributed by atoms with Crippen molar-refractivity contribution in [3.05, 3.63) is 63.7 Å². The second-order valence-corrected chi connectivity index (χ2v) is 4.71. The Bertz CT molecular complexity index is 782. The van der Waals surface area contributed by atoms with Crippen LogP contribution in [0.1, 0.15) is 5.56 Å². The lowest BCUT2D eigenvalue weighted by molar-refractivity contribution is -0.384. The van der Waals surface area contributed by atoms with E-state index in [1.165, 1.54) is 0 Å². The Labute approximate surface area is 134 Å². The summed E-state index contributed by atoms with van der Waals surface area (Å²) in [5.41, 5.74) is -0.0906. The van der Waals surface area contributed by atoms with E-state index >= 15 is 0 Å². The Balaban J connectivity index is 1.91. The first-order valence-electron chi connectivity index (χ1n) is 6.67. The van der Waals surface area contributed by atoms with Gasteiger partial charge < -0.3 is 15.2 Å². The zero-order chi connectivity index (χ0) is 17.7. The van der Waals surface area contributed by atoms with Crippen molar-refractivity contribution in [1.29, 1.82) is 0 Å². The highest BCUT2D eigenvalue weighted by Gasteiger charge is 2.12. The van der Waals surface area contributed by atoms with Crippen molar-refractivity contribution < 1.29 is 28.3 Å². The molecule has 24 heavy (non-hydrogen) atoms. The minimum absolute atomic E-state index is 0.144. The largest absolute Gasteiger partial charge is 0.508 e. The number of benzene rings is 2. The molecule has 0 fully saturated rings. The predicted octanol–water partition coefficient (Wildman–Crippen LogP) is 2.27. The maximum absolute atomic E-state index is 13.3. The number of carbonyl (C=O) groups excluding carboxylic acids is 1. The monoisotopic (exact) mass is 338 g/mol. The molecule has 0 saturated heterocycles. The molecule has 7 nitrogen and oxygen atoms in total. The molecular weight excluding hydrogens is 326 g/mol. The van der Waals surface area contributed by atoms with Gasteiger partial charge in [0.2, 0.25) is 0 Å². The van der Waals surface area contributed by atoms with Gasteiger partial charge in [-0.3, -0.25) is 14.9 Å². The SMILES string of the molecule is O=C(COc1ccc(F)cc1F)NCc1cc([N+](=O)[O-])ccc1O. The summed E-state index contributed by atoms with van der Waals surface area (Å²) < 4.78 is 31.0. The van der Waals surface area contributed by atoms with Gasteiger partial charge in [-0.1, -0.05) is 0 Å². The van der Waals surface area contributed by atoms with Crippen LogP contribution in [-0.2, 0) is 11.3 Å². The molecule has 126 valence electrons. The highest BCUT2D eigenvalue weighted by Crippen LogP contribution is 2.22. The molecule has 9 heteroatoms. The minimum Gasteiger partial charge on any atom is -0.508 e. The highest BCUT2D eigenvalue weighted by molar-refractivity contribution is 5.77. The van der Waals surface area contributed by atoms with Crippen LogP contribution < -0.4 is 10.1 Å². The van der Waals surface area contributed by atoms with Gasteiger partial charge in [0.25, 0.3) is 11.6 Å².